The van der Waals surface area contributed by atoms with Gasteiger partial charge in [-0.1, -0.05) is 13.8 Å². The number of hydrogen-bond acceptors (Lipinski definition) is 4. The van der Waals surface area contributed by atoms with Crippen LogP contribution in [0.5, 0.6) is 0 Å². The zero-order valence-corrected chi connectivity index (χ0v) is 10.7. The zero-order chi connectivity index (χ0) is 12.1. The summed E-state index contributed by atoms with van der Waals surface area (Å²) in [6.07, 6.45) is 0.222. The van der Waals surface area contributed by atoms with Gasteiger partial charge in [-0.15, -0.1) is 11.3 Å². The molecule has 0 bridgehead atoms. The number of aryl methyl sites for hydroxylation is 1. The maximum atomic E-state index is 11.7. The number of carbonyl (C=O) groups is 1. The van der Waals surface area contributed by atoms with Crippen LogP contribution in [-0.4, -0.2) is 28.6 Å². The predicted molar refractivity (Wildman–Crippen MR) is 64.6 cm³/mol. The number of aliphatic hydroxyl groups is 1. The number of carbonyl (C=O) groups excluding carboxylic acids is 1. The van der Waals surface area contributed by atoms with E-state index in [1.165, 1.54) is 11.3 Å². The molecule has 1 aromatic heterocycles. The average Bonchev–Trinajstić information content (AvgIpc) is 2.60. The molecule has 0 aliphatic carbocycles. The van der Waals surface area contributed by atoms with Crippen molar-refractivity contribution >= 4 is 17.2 Å². The maximum absolute atomic E-state index is 11.7. The van der Waals surface area contributed by atoms with Crippen LogP contribution in [0.1, 0.15) is 35.6 Å². The molecule has 2 N–H and O–H groups in total. The van der Waals surface area contributed by atoms with Crippen LogP contribution in [-0.2, 0) is 0 Å². The van der Waals surface area contributed by atoms with Gasteiger partial charge in [0.25, 0.3) is 5.91 Å². The van der Waals surface area contributed by atoms with Gasteiger partial charge in [0.1, 0.15) is 4.88 Å². The molecule has 0 aromatic carbocycles. The van der Waals surface area contributed by atoms with Crippen molar-refractivity contribution in [2.24, 2.45) is 5.92 Å². The minimum atomic E-state index is -0.475. The minimum absolute atomic E-state index is 0.150. The monoisotopic (exact) mass is 242 g/mol. The van der Waals surface area contributed by atoms with Crippen molar-refractivity contribution in [1.82, 2.24) is 10.3 Å². The van der Waals surface area contributed by atoms with E-state index in [4.69, 9.17) is 0 Å². The van der Waals surface area contributed by atoms with E-state index in [2.05, 4.69) is 10.3 Å². The van der Waals surface area contributed by atoms with Gasteiger partial charge in [-0.3, -0.25) is 4.79 Å². The Morgan fingerprint density at radius 3 is 2.81 bits per heavy atom. The summed E-state index contributed by atoms with van der Waals surface area (Å²) in [4.78, 5) is 16.3. The van der Waals surface area contributed by atoms with Crippen molar-refractivity contribution in [3.05, 3.63) is 16.1 Å². The van der Waals surface area contributed by atoms with Crippen LogP contribution in [0.15, 0.2) is 5.51 Å². The first-order valence-electron chi connectivity index (χ1n) is 5.37. The van der Waals surface area contributed by atoms with Crippen LogP contribution in [0.4, 0.5) is 0 Å². The fourth-order valence-electron chi connectivity index (χ4n) is 1.44. The number of aromatic nitrogens is 1. The van der Waals surface area contributed by atoms with Crippen LogP contribution < -0.4 is 5.32 Å². The minimum Gasteiger partial charge on any atom is -0.391 e. The van der Waals surface area contributed by atoms with Gasteiger partial charge in [0.2, 0.25) is 0 Å². The molecule has 5 heteroatoms. The lowest BCUT2D eigenvalue weighted by atomic mass is 10.1. The van der Waals surface area contributed by atoms with Gasteiger partial charge < -0.3 is 10.4 Å². The van der Waals surface area contributed by atoms with Crippen LogP contribution in [0.25, 0.3) is 0 Å². The van der Waals surface area contributed by atoms with Crippen molar-refractivity contribution < 1.29 is 9.90 Å². The molecule has 90 valence electrons. The Morgan fingerprint density at radius 1 is 1.62 bits per heavy atom. The van der Waals surface area contributed by atoms with Crippen molar-refractivity contribution in [2.75, 3.05) is 6.54 Å². The largest absolute Gasteiger partial charge is 0.391 e. The first-order chi connectivity index (χ1) is 7.50. The molecule has 0 radical (unpaired) electrons. The molecule has 0 aliphatic rings. The molecule has 1 heterocycles. The summed E-state index contributed by atoms with van der Waals surface area (Å²) in [6, 6.07) is 0. The highest BCUT2D eigenvalue weighted by Gasteiger charge is 2.13. The molecule has 0 fully saturated rings. The Labute approximate surface area is 99.7 Å². The van der Waals surface area contributed by atoms with Crippen LogP contribution >= 0.6 is 11.3 Å². The smallest absolute Gasteiger partial charge is 0.263 e. The molecule has 1 aromatic rings. The number of amides is 1. The van der Waals surface area contributed by atoms with Crippen LogP contribution in [0.3, 0.4) is 0 Å². The number of aliphatic hydroxyl groups excluding tert-OH is 1. The van der Waals surface area contributed by atoms with Crippen LogP contribution in [0.2, 0.25) is 0 Å². The molecular formula is C11H18N2O2S. The van der Waals surface area contributed by atoms with Gasteiger partial charge in [-0.25, -0.2) is 4.98 Å². The Balaban J connectivity index is 2.39. The SMILES string of the molecule is Cc1ncsc1C(=O)NCC(O)CC(C)C. The number of thiazole rings is 1. The summed E-state index contributed by atoms with van der Waals surface area (Å²) in [5.74, 6) is 0.278. The third kappa shape index (κ3) is 3.90. The normalized spacial score (nSPS) is 12.8. The predicted octanol–water partition coefficient (Wildman–Crippen LogP) is 1.59. The first kappa shape index (κ1) is 13.1. The lowest BCUT2D eigenvalue weighted by Crippen LogP contribution is -2.32. The fourth-order valence-corrected chi connectivity index (χ4v) is 2.16. The van der Waals surface area contributed by atoms with Gasteiger partial charge in [0.15, 0.2) is 0 Å². The van der Waals surface area contributed by atoms with E-state index in [1.807, 2.05) is 13.8 Å². The van der Waals surface area contributed by atoms with E-state index in [-0.39, 0.29) is 5.91 Å². The summed E-state index contributed by atoms with van der Waals surface area (Å²) >= 11 is 1.32. The molecule has 0 aliphatic heterocycles. The maximum Gasteiger partial charge on any atom is 0.263 e. The molecule has 0 saturated heterocycles. The van der Waals surface area contributed by atoms with Crippen molar-refractivity contribution in [1.29, 1.82) is 0 Å². The number of rotatable bonds is 5. The molecule has 0 spiro atoms. The Morgan fingerprint density at radius 2 is 2.31 bits per heavy atom. The zero-order valence-electron chi connectivity index (χ0n) is 9.86. The Kier molecular flexibility index (Phi) is 4.89. The Hall–Kier alpha value is -0.940. The first-order valence-corrected chi connectivity index (χ1v) is 6.25. The molecule has 16 heavy (non-hydrogen) atoms. The molecule has 1 amide bonds. The number of nitrogens with zero attached hydrogens (tertiary/aromatic N) is 1. The number of nitrogens with one attached hydrogen (secondary N) is 1. The third-order valence-corrected chi connectivity index (χ3v) is 3.12. The quantitative estimate of drug-likeness (QED) is 0.824. The molecule has 4 nitrogen and oxygen atoms in total. The van der Waals surface area contributed by atoms with Gasteiger partial charge in [-0.05, 0) is 19.3 Å². The lowest BCUT2D eigenvalue weighted by molar-refractivity contribution is 0.0903. The summed E-state index contributed by atoms with van der Waals surface area (Å²) in [6.45, 7) is 6.18. The highest BCUT2D eigenvalue weighted by Crippen LogP contribution is 2.11. The van der Waals surface area contributed by atoms with E-state index < -0.39 is 6.10 Å². The van der Waals surface area contributed by atoms with Gasteiger partial charge in [0.05, 0.1) is 17.3 Å². The third-order valence-electron chi connectivity index (χ3n) is 2.19. The van der Waals surface area contributed by atoms with E-state index in [0.717, 1.165) is 5.69 Å². The summed E-state index contributed by atoms with van der Waals surface area (Å²) in [7, 11) is 0. The Bertz CT molecular complexity index is 350. The average molecular weight is 242 g/mol. The van der Waals surface area contributed by atoms with E-state index >= 15 is 0 Å². The second-order valence-electron chi connectivity index (χ2n) is 4.26. The number of hydrogen-bond donors (Lipinski definition) is 2. The molecule has 1 unspecified atom stereocenters. The van der Waals surface area contributed by atoms with Gasteiger partial charge in [0, 0.05) is 6.54 Å². The highest BCUT2D eigenvalue weighted by atomic mass is 32.1. The second-order valence-corrected chi connectivity index (χ2v) is 5.12. The van der Waals surface area contributed by atoms with Crippen LogP contribution in [0, 0.1) is 12.8 Å². The molecular weight excluding hydrogens is 224 g/mol. The molecule has 1 atom stereocenters. The van der Waals surface area contributed by atoms with E-state index in [0.29, 0.717) is 23.8 Å². The van der Waals surface area contributed by atoms with Gasteiger partial charge >= 0.3 is 0 Å². The topological polar surface area (TPSA) is 62.2 Å². The lowest BCUT2D eigenvalue weighted by Gasteiger charge is -2.13. The standard InChI is InChI=1S/C11H18N2O2S/c1-7(2)4-9(14)5-12-11(15)10-8(3)13-6-16-10/h6-7,9,14H,4-5H2,1-3H3,(H,12,15). The summed E-state index contributed by atoms with van der Waals surface area (Å²) in [5, 5.41) is 12.3. The van der Waals surface area contributed by atoms with Gasteiger partial charge in [-0.2, -0.15) is 0 Å². The van der Waals surface area contributed by atoms with E-state index in [1.54, 1.807) is 12.4 Å². The van der Waals surface area contributed by atoms with Crippen molar-refractivity contribution in [3.63, 3.8) is 0 Å². The second kappa shape index (κ2) is 5.96. The highest BCUT2D eigenvalue weighted by molar-refractivity contribution is 7.11. The molecule has 0 saturated carbocycles. The van der Waals surface area contributed by atoms with E-state index in [9.17, 15) is 9.90 Å². The van der Waals surface area contributed by atoms with Crippen molar-refractivity contribution in [2.45, 2.75) is 33.3 Å². The summed E-state index contributed by atoms with van der Waals surface area (Å²) in [5.41, 5.74) is 2.38. The van der Waals surface area contributed by atoms with Crippen molar-refractivity contribution in [3.8, 4) is 0 Å². The fraction of sp³-hybridized carbons (Fsp3) is 0.636. The molecule has 1 rings (SSSR count). The summed E-state index contributed by atoms with van der Waals surface area (Å²) < 4.78 is 0.